The van der Waals surface area contributed by atoms with Gasteiger partial charge < -0.3 is 5.11 Å². The SMILES string of the molecule is Cc1nnc(NS(=O)(=O)c2ccc(F)cc2C#CCO)s1. The first-order valence-electron chi connectivity index (χ1n) is 5.64. The van der Waals surface area contributed by atoms with Gasteiger partial charge in [-0.25, -0.2) is 12.8 Å². The van der Waals surface area contributed by atoms with Crippen molar-refractivity contribution >= 4 is 26.5 Å². The molecule has 0 saturated heterocycles. The molecule has 1 aromatic heterocycles. The van der Waals surface area contributed by atoms with Crippen LogP contribution in [-0.2, 0) is 10.0 Å². The number of aryl methyl sites for hydroxylation is 1. The average molecular weight is 327 g/mol. The van der Waals surface area contributed by atoms with Crippen LogP contribution >= 0.6 is 11.3 Å². The monoisotopic (exact) mass is 327 g/mol. The molecule has 0 saturated carbocycles. The maximum absolute atomic E-state index is 13.2. The number of hydrogen-bond acceptors (Lipinski definition) is 6. The summed E-state index contributed by atoms with van der Waals surface area (Å²) in [5.74, 6) is 4.08. The quantitative estimate of drug-likeness (QED) is 0.825. The van der Waals surface area contributed by atoms with Crippen molar-refractivity contribution < 1.29 is 17.9 Å². The van der Waals surface area contributed by atoms with E-state index in [9.17, 15) is 12.8 Å². The molecule has 0 spiro atoms. The molecule has 1 heterocycles. The fourth-order valence-corrected chi connectivity index (χ4v) is 3.44. The van der Waals surface area contributed by atoms with E-state index in [1.54, 1.807) is 6.92 Å². The van der Waals surface area contributed by atoms with Crippen LogP contribution in [0.25, 0.3) is 0 Å². The predicted molar refractivity (Wildman–Crippen MR) is 75.8 cm³/mol. The highest BCUT2D eigenvalue weighted by Crippen LogP contribution is 2.22. The highest BCUT2D eigenvalue weighted by molar-refractivity contribution is 7.93. The van der Waals surface area contributed by atoms with Crippen LogP contribution in [0.3, 0.4) is 0 Å². The number of benzene rings is 1. The first-order chi connectivity index (χ1) is 9.92. The summed E-state index contributed by atoms with van der Waals surface area (Å²) in [6.45, 7) is 1.23. The Morgan fingerprint density at radius 2 is 2.19 bits per heavy atom. The molecule has 110 valence electrons. The zero-order valence-electron chi connectivity index (χ0n) is 10.8. The molecule has 0 radical (unpaired) electrons. The summed E-state index contributed by atoms with van der Waals surface area (Å²) in [5.41, 5.74) is -0.0437. The van der Waals surface area contributed by atoms with E-state index in [1.165, 1.54) is 0 Å². The lowest BCUT2D eigenvalue weighted by Crippen LogP contribution is -2.14. The maximum atomic E-state index is 13.2. The van der Waals surface area contributed by atoms with Crippen LogP contribution in [0.4, 0.5) is 9.52 Å². The van der Waals surface area contributed by atoms with Crippen molar-refractivity contribution in [1.29, 1.82) is 0 Å². The second kappa shape index (κ2) is 6.17. The molecule has 0 bridgehead atoms. The molecule has 0 amide bonds. The Morgan fingerprint density at radius 1 is 1.43 bits per heavy atom. The van der Waals surface area contributed by atoms with Gasteiger partial charge in [-0.3, -0.25) is 4.72 Å². The van der Waals surface area contributed by atoms with Crippen molar-refractivity contribution in [2.24, 2.45) is 0 Å². The van der Waals surface area contributed by atoms with Crippen molar-refractivity contribution in [1.82, 2.24) is 10.2 Å². The Morgan fingerprint density at radius 3 is 2.81 bits per heavy atom. The van der Waals surface area contributed by atoms with Crippen molar-refractivity contribution in [2.45, 2.75) is 11.8 Å². The van der Waals surface area contributed by atoms with E-state index in [4.69, 9.17) is 5.11 Å². The summed E-state index contributed by atoms with van der Waals surface area (Å²) >= 11 is 1.07. The van der Waals surface area contributed by atoms with Crippen LogP contribution in [0.15, 0.2) is 23.1 Å². The zero-order chi connectivity index (χ0) is 15.5. The van der Waals surface area contributed by atoms with Crippen LogP contribution in [0.1, 0.15) is 10.6 Å². The Labute approximate surface area is 124 Å². The van der Waals surface area contributed by atoms with Gasteiger partial charge in [-0.05, 0) is 25.1 Å². The standard InChI is InChI=1S/C12H10FN3O3S2/c1-8-14-15-12(20-8)16-21(18,19)11-5-4-10(13)7-9(11)3-2-6-17/h4-5,7,17H,6H2,1H3,(H,15,16). The van der Waals surface area contributed by atoms with Crippen molar-refractivity contribution in [2.75, 3.05) is 11.3 Å². The zero-order valence-corrected chi connectivity index (χ0v) is 12.4. The molecule has 0 aliphatic heterocycles. The minimum absolute atomic E-state index is 0.0437. The van der Waals surface area contributed by atoms with E-state index >= 15 is 0 Å². The van der Waals surface area contributed by atoms with Gasteiger partial charge in [-0.1, -0.05) is 23.2 Å². The number of aliphatic hydroxyl groups is 1. The van der Waals surface area contributed by atoms with Gasteiger partial charge in [0.05, 0.1) is 0 Å². The lowest BCUT2D eigenvalue weighted by molar-refractivity contribution is 0.350. The number of rotatable bonds is 3. The minimum atomic E-state index is -3.97. The van der Waals surface area contributed by atoms with Crippen LogP contribution in [0, 0.1) is 24.6 Å². The summed E-state index contributed by atoms with van der Waals surface area (Å²) in [6.07, 6.45) is 0. The van der Waals surface area contributed by atoms with Crippen molar-refractivity contribution in [3.63, 3.8) is 0 Å². The first kappa shape index (κ1) is 15.4. The number of aliphatic hydroxyl groups excluding tert-OH is 1. The summed E-state index contributed by atoms with van der Waals surface area (Å²) in [6, 6.07) is 3.11. The normalized spacial score (nSPS) is 10.8. The smallest absolute Gasteiger partial charge is 0.264 e. The fourth-order valence-electron chi connectivity index (χ4n) is 1.48. The van der Waals surface area contributed by atoms with E-state index in [2.05, 4.69) is 26.8 Å². The molecule has 2 N–H and O–H groups in total. The Kier molecular flexibility index (Phi) is 4.52. The summed E-state index contributed by atoms with van der Waals surface area (Å²) in [7, 11) is -3.97. The molecule has 1 aromatic carbocycles. The molecule has 6 nitrogen and oxygen atoms in total. The second-order valence-electron chi connectivity index (χ2n) is 3.83. The number of hydrogen-bond donors (Lipinski definition) is 2. The van der Waals surface area contributed by atoms with Crippen LogP contribution < -0.4 is 4.72 Å². The third-order valence-electron chi connectivity index (χ3n) is 2.28. The highest BCUT2D eigenvalue weighted by Gasteiger charge is 2.20. The Bertz CT molecular complexity index is 822. The largest absolute Gasteiger partial charge is 0.384 e. The first-order valence-corrected chi connectivity index (χ1v) is 7.94. The number of nitrogens with one attached hydrogen (secondary N) is 1. The van der Waals surface area contributed by atoms with E-state index in [0.29, 0.717) is 5.01 Å². The molecule has 0 aliphatic rings. The Balaban J connectivity index is 2.44. The molecule has 21 heavy (non-hydrogen) atoms. The van der Waals surface area contributed by atoms with E-state index < -0.39 is 22.4 Å². The Hall–Kier alpha value is -2.02. The lowest BCUT2D eigenvalue weighted by atomic mass is 10.2. The lowest BCUT2D eigenvalue weighted by Gasteiger charge is -2.07. The van der Waals surface area contributed by atoms with Gasteiger partial charge in [0.1, 0.15) is 22.3 Å². The molecule has 2 aromatic rings. The molecule has 0 atom stereocenters. The summed E-state index contributed by atoms with van der Waals surface area (Å²) in [5, 5.41) is 16.8. The van der Waals surface area contributed by atoms with Crippen molar-refractivity contribution in [3.8, 4) is 11.8 Å². The van der Waals surface area contributed by atoms with Gasteiger partial charge >= 0.3 is 0 Å². The van der Waals surface area contributed by atoms with Gasteiger partial charge in [0.15, 0.2) is 0 Å². The highest BCUT2D eigenvalue weighted by atomic mass is 32.2. The maximum Gasteiger partial charge on any atom is 0.264 e. The number of sulfonamides is 1. The number of aromatic nitrogens is 2. The molecule has 0 fully saturated rings. The van der Waals surface area contributed by atoms with Gasteiger partial charge in [-0.15, -0.1) is 10.2 Å². The topological polar surface area (TPSA) is 92.2 Å². The van der Waals surface area contributed by atoms with Crippen LogP contribution in [0.5, 0.6) is 0 Å². The molecule has 9 heteroatoms. The second-order valence-corrected chi connectivity index (χ2v) is 6.66. The number of nitrogens with zero attached hydrogens (tertiary/aromatic N) is 2. The average Bonchev–Trinajstić information content (AvgIpc) is 2.80. The minimum Gasteiger partial charge on any atom is -0.384 e. The third kappa shape index (κ3) is 3.75. The van der Waals surface area contributed by atoms with Crippen molar-refractivity contribution in [3.05, 3.63) is 34.6 Å². The molecule has 2 rings (SSSR count). The van der Waals surface area contributed by atoms with Gasteiger partial charge in [0.25, 0.3) is 10.0 Å². The molecule has 0 aliphatic carbocycles. The predicted octanol–water partition coefficient (Wildman–Crippen LogP) is 1.13. The molecule has 0 unspecified atom stereocenters. The van der Waals surface area contributed by atoms with Crippen LogP contribution in [0.2, 0.25) is 0 Å². The van der Waals surface area contributed by atoms with Gasteiger partial charge in [0.2, 0.25) is 5.13 Å². The van der Waals surface area contributed by atoms with E-state index in [-0.39, 0.29) is 15.6 Å². The third-order valence-corrected chi connectivity index (χ3v) is 4.56. The number of anilines is 1. The molecular formula is C12H10FN3O3S2. The van der Waals surface area contributed by atoms with E-state index in [1.807, 2.05) is 0 Å². The van der Waals surface area contributed by atoms with Gasteiger partial charge in [0, 0.05) is 5.56 Å². The summed E-state index contributed by atoms with van der Waals surface area (Å²) in [4.78, 5) is -0.197. The number of halogens is 1. The van der Waals surface area contributed by atoms with E-state index in [0.717, 1.165) is 29.5 Å². The fraction of sp³-hybridized carbons (Fsp3) is 0.167. The van der Waals surface area contributed by atoms with Crippen LogP contribution in [-0.4, -0.2) is 30.3 Å². The van der Waals surface area contributed by atoms with Gasteiger partial charge in [-0.2, -0.15) is 0 Å². The summed E-state index contributed by atoms with van der Waals surface area (Å²) < 4.78 is 40.0. The molecular weight excluding hydrogens is 317 g/mol.